The second-order valence-electron chi connectivity index (χ2n) is 4.31. The Bertz CT molecular complexity index is 1030. The van der Waals surface area contributed by atoms with Gasteiger partial charge in [0.1, 0.15) is 11.4 Å². The van der Waals surface area contributed by atoms with Gasteiger partial charge in [-0.05, 0) is 24.4 Å². The minimum absolute atomic E-state index is 0.467. The monoisotopic (exact) mass is 353 g/mol. The van der Waals surface area contributed by atoms with Gasteiger partial charge in [0.15, 0.2) is 4.77 Å². The third kappa shape index (κ3) is 1.89. The first-order valence-electron chi connectivity index (χ1n) is 5.82. The molecule has 4 rings (SSSR count). The number of hydrogen-bond donors (Lipinski definition) is 1. The van der Waals surface area contributed by atoms with Gasteiger partial charge in [-0.1, -0.05) is 23.2 Å². The summed E-state index contributed by atoms with van der Waals surface area (Å²) in [7, 11) is 0. The highest BCUT2D eigenvalue weighted by Gasteiger charge is 2.22. The average Bonchev–Trinajstić information content (AvgIpc) is 3.04. The summed E-state index contributed by atoms with van der Waals surface area (Å²) >= 11 is 19.0. The lowest BCUT2D eigenvalue weighted by molar-refractivity contribution is 1.06. The van der Waals surface area contributed by atoms with Gasteiger partial charge < -0.3 is 4.98 Å². The molecule has 0 bridgehead atoms. The highest BCUT2D eigenvalue weighted by molar-refractivity contribution is 7.71. The number of nitrogens with one attached hydrogen (secondary N) is 1. The summed E-state index contributed by atoms with van der Waals surface area (Å²) in [6, 6.07) is 3.52. The molecule has 0 saturated carbocycles. The topological polar surface area (TPSA) is 58.3 Å². The van der Waals surface area contributed by atoms with Crippen molar-refractivity contribution in [3.8, 4) is 5.69 Å². The molecule has 2 aromatic heterocycles. The lowest BCUT2D eigenvalue weighted by atomic mass is 10.2. The van der Waals surface area contributed by atoms with Crippen molar-refractivity contribution >= 4 is 69.2 Å². The van der Waals surface area contributed by atoms with E-state index in [0.29, 0.717) is 31.9 Å². The van der Waals surface area contributed by atoms with E-state index in [0.717, 1.165) is 22.4 Å². The summed E-state index contributed by atoms with van der Waals surface area (Å²) < 4.78 is 10.9. The van der Waals surface area contributed by atoms with Crippen molar-refractivity contribution < 1.29 is 0 Å². The molecule has 104 valence electrons. The first-order chi connectivity index (χ1) is 10.2. The molecule has 5 nitrogen and oxygen atoms in total. The molecule has 0 saturated heterocycles. The number of H-pyrrole nitrogens is 1. The van der Waals surface area contributed by atoms with E-state index in [-0.39, 0.29) is 0 Å². The predicted molar refractivity (Wildman–Crippen MR) is 87.8 cm³/mol. The van der Waals surface area contributed by atoms with Crippen LogP contribution in [0.25, 0.3) is 16.7 Å². The van der Waals surface area contributed by atoms with Crippen molar-refractivity contribution in [1.29, 1.82) is 0 Å². The summed E-state index contributed by atoms with van der Waals surface area (Å²) in [6.07, 6.45) is 3.41. The van der Waals surface area contributed by atoms with Crippen LogP contribution >= 0.6 is 35.4 Å². The molecule has 0 radical (unpaired) electrons. The van der Waals surface area contributed by atoms with Crippen molar-refractivity contribution in [2.75, 3.05) is 0 Å². The molecule has 3 heterocycles. The Kier molecular flexibility index (Phi) is 2.97. The van der Waals surface area contributed by atoms with Gasteiger partial charge in [-0.25, -0.2) is 0 Å². The molecule has 0 amide bonds. The lowest BCUT2D eigenvalue weighted by Crippen LogP contribution is -1.96. The molecule has 1 N–H and O–H groups in total. The Balaban J connectivity index is 2.17. The number of imidazole rings is 1. The van der Waals surface area contributed by atoms with E-state index in [1.54, 1.807) is 18.5 Å². The Labute approximate surface area is 137 Å². The maximum Gasteiger partial charge on any atom is 0.182 e. The maximum absolute atomic E-state index is 6.38. The van der Waals surface area contributed by atoms with E-state index in [9.17, 15) is 0 Å². The van der Waals surface area contributed by atoms with Crippen LogP contribution in [0.2, 0.25) is 10.0 Å². The number of benzene rings is 1. The van der Waals surface area contributed by atoms with E-state index in [4.69, 9.17) is 35.4 Å². The molecular formula is C12H5Cl2N5S2. The van der Waals surface area contributed by atoms with Crippen LogP contribution in [0, 0.1) is 4.77 Å². The van der Waals surface area contributed by atoms with Gasteiger partial charge in [0.05, 0.1) is 44.3 Å². The first kappa shape index (κ1) is 13.1. The molecule has 3 aromatic rings. The zero-order valence-electron chi connectivity index (χ0n) is 10.2. The van der Waals surface area contributed by atoms with Crippen molar-refractivity contribution in [2.24, 2.45) is 8.73 Å². The van der Waals surface area contributed by atoms with E-state index in [1.807, 2.05) is 10.6 Å². The molecule has 0 unspecified atom stereocenters. The summed E-state index contributed by atoms with van der Waals surface area (Å²) in [6.45, 7) is 0. The van der Waals surface area contributed by atoms with E-state index >= 15 is 0 Å². The fourth-order valence-corrected chi connectivity index (χ4v) is 3.75. The Morgan fingerprint density at radius 1 is 1.19 bits per heavy atom. The summed E-state index contributed by atoms with van der Waals surface area (Å²) in [5, 5.41) is 0.939. The average molecular weight is 354 g/mol. The molecular weight excluding hydrogens is 349 g/mol. The Morgan fingerprint density at radius 3 is 2.86 bits per heavy atom. The second-order valence-corrected chi connectivity index (χ2v) is 6.04. The lowest BCUT2D eigenvalue weighted by Gasteiger charge is -2.11. The third-order valence-corrected chi connectivity index (χ3v) is 4.52. The number of hydrogen-bond acceptors (Lipinski definition) is 4. The van der Waals surface area contributed by atoms with Crippen LogP contribution in [0.1, 0.15) is 0 Å². The molecule has 0 atom stereocenters. The molecule has 21 heavy (non-hydrogen) atoms. The fraction of sp³-hybridized carbons (Fsp3) is 0. The van der Waals surface area contributed by atoms with Crippen LogP contribution in [-0.2, 0) is 11.4 Å². The largest absolute Gasteiger partial charge is 0.329 e. The third-order valence-electron chi connectivity index (χ3n) is 3.13. The summed E-state index contributed by atoms with van der Waals surface area (Å²) in [4.78, 5) is 7.18. The van der Waals surface area contributed by atoms with Crippen LogP contribution in [0.4, 0.5) is 11.4 Å². The minimum Gasteiger partial charge on any atom is -0.329 e. The highest BCUT2D eigenvalue weighted by atomic mass is 35.5. The van der Waals surface area contributed by atoms with E-state index in [1.165, 1.54) is 0 Å². The quantitative estimate of drug-likeness (QED) is 0.483. The molecule has 0 aliphatic carbocycles. The van der Waals surface area contributed by atoms with Gasteiger partial charge in [0, 0.05) is 6.20 Å². The maximum atomic E-state index is 6.38. The van der Waals surface area contributed by atoms with Gasteiger partial charge in [-0.2, -0.15) is 8.73 Å². The van der Waals surface area contributed by atoms with E-state index in [2.05, 4.69) is 18.7 Å². The molecule has 1 aromatic carbocycles. The van der Waals surface area contributed by atoms with Gasteiger partial charge in [-0.15, -0.1) is 0 Å². The van der Waals surface area contributed by atoms with Crippen molar-refractivity contribution in [1.82, 2.24) is 14.5 Å². The van der Waals surface area contributed by atoms with Gasteiger partial charge in [0.25, 0.3) is 0 Å². The smallest absolute Gasteiger partial charge is 0.182 e. The number of aromatic nitrogens is 3. The number of aromatic amines is 1. The fourth-order valence-electron chi connectivity index (χ4n) is 2.26. The molecule has 1 aliphatic heterocycles. The number of fused-ring (bicyclic) bond motifs is 2. The number of pyridine rings is 1. The SMILES string of the molecule is S=c1[nH]c2cnccc2n1-c1c(Cl)cc(Cl)c2c1N=S=N2. The van der Waals surface area contributed by atoms with Crippen LogP contribution in [0.3, 0.4) is 0 Å². The first-order valence-corrected chi connectivity index (χ1v) is 7.71. The molecule has 1 aliphatic rings. The van der Waals surface area contributed by atoms with Gasteiger partial charge >= 0.3 is 0 Å². The second kappa shape index (κ2) is 4.74. The van der Waals surface area contributed by atoms with Crippen LogP contribution in [-0.4, -0.2) is 14.5 Å². The molecule has 0 spiro atoms. The van der Waals surface area contributed by atoms with Crippen LogP contribution in [0.15, 0.2) is 33.3 Å². The zero-order valence-corrected chi connectivity index (χ0v) is 13.3. The van der Waals surface area contributed by atoms with Crippen molar-refractivity contribution in [3.05, 3.63) is 39.3 Å². The van der Waals surface area contributed by atoms with E-state index < -0.39 is 0 Å². The minimum atomic E-state index is 0.467. The number of rotatable bonds is 1. The summed E-state index contributed by atoms with van der Waals surface area (Å²) in [5.41, 5.74) is 3.61. The zero-order chi connectivity index (χ0) is 14.6. The predicted octanol–water partition coefficient (Wildman–Crippen LogP) is 5.12. The van der Waals surface area contributed by atoms with Crippen molar-refractivity contribution in [2.45, 2.75) is 0 Å². The van der Waals surface area contributed by atoms with Gasteiger partial charge in [-0.3, -0.25) is 9.55 Å². The van der Waals surface area contributed by atoms with Crippen LogP contribution in [0.5, 0.6) is 0 Å². The Hall–Kier alpha value is -1.54. The summed E-state index contributed by atoms with van der Waals surface area (Å²) in [5.74, 6) is 0. The van der Waals surface area contributed by atoms with Crippen LogP contribution < -0.4 is 0 Å². The number of halogens is 2. The number of nitrogens with zero attached hydrogens (tertiary/aromatic N) is 4. The molecule has 0 fully saturated rings. The standard InChI is InChI=1S/C12H5Cl2N5S2/c13-5-3-6(14)11(10-9(5)17-21-18-10)19-8-1-2-15-4-7(8)16-12(19)20/h1-4H,(H,16,20). The molecule has 9 heteroatoms. The normalized spacial score (nSPS) is 12.7. The van der Waals surface area contributed by atoms with Crippen molar-refractivity contribution in [3.63, 3.8) is 0 Å². The highest BCUT2D eigenvalue weighted by Crippen LogP contribution is 2.47. The van der Waals surface area contributed by atoms with Gasteiger partial charge in [0.2, 0.25) is 0 Å². The Morgan fingerprint density at radius 2 is 2.00 bits per heavy atom.